The summed E-state index contributed by atoms with van der Waals surface area (Å²) in [5.74, 6) is 0.168. The molecule has 1 heterocycles. The fourth-order valence-electron chi connectivity index (χ4n) is 1.21. The number of fused-ring (bicyclic) bond motifs is 1. The Morgan fingerprint density at radius 2 is 2.23 bits per heavy atom. The van der Waals surface area contributed by atoms with Crippen molar-refractivity contribution >= 4 is 32.6 Å². The quantitative estimate of drug-likeness (QED) is 0.765. The molecule has 0 saturated heterocycles. The number of anilines is 1. The Hall–Kier alpha value is -1.47. The number of nitrogens with two attached hydrogens (primary N) is 1. The van der Waals surface area contributed by atoms with Crippen LogP contribution in [0.3, 0.4) is 0 Å². The van der Waals surface area contributed by atoms with Crippen LogP contribution in [0.25, 0.3) is 11.0 Å². The lowest BCUT2D eigenvalue weighted by Crippen LogP contribution is -1.85. The zero-order chi connectivity index (χ0) is 9.42. The van der Waals surface area contributed by atoms with Crippen molar-refractivity contribution in [3.63, 3.8) is 0 Å². The van der Waals surface area contributed by atoms with Gasteiger partial charge < -0.3 is 10.2 Å². The van der Waals surface area contributed by atoms with E-state index < -0.39 is 0 Å². The third-order valence-electron chi connectivity index (χ3n) is 1.80. The number of benzene rings is 1. The standard InChI is InChI=1S/C9H5BrN2O/c10-5-2-1-3-6-8(5)9(12)7(4-11)13-6/h1-3H,12H2. The minimum Gasteiger partial charge on any atom is -0.443 e. The predicted octanol–water partition coefficient (Wildman–Crippen LogP) is 2.65. The Balaban J connectivity index is 2.95. The maximum atomic E-state index is 8.67. The molecule has 2 rings (SSSR count). The second-order valence-corrected chi connectivity index (χ2v) is 3.42. The highest BCUT2D eigenvalue weighted by molar-refractivity contribution is 9.10. The number of hydrogen-bond donors (Lipinski definition) is 1. The molecule has 0 saturated carbocycles. The Morgan fingerprint density at radius 1 is 1.46 bits per heavy atom. The van der Waals surface area contributed by atoms with Crippen LogP contribution in [0.4, 0.5) is 5.69 Å². The molecule has 0 amide bonds. The number of rotatable bonds is 0. The zero-order valence-corrected chi connectivity index (χ0v) is 8.13. The first-order chi connectivity index (χ1) is 6.24. The third kappa shape index (κ3) is 1.09. The van der Waals surface area contributed by atoms with Gasteiger partial charge in [0.2, 0.25) is 5.76 Å². The summed E-state index contributed by atoms with van der Waals surface area (Å²) in [5.41, 5.74) is 6.73. The average Bonchev–Trinajstić information content (AvgIpc) is 2.44. The molecule has 13 heavy (non-hydrogen) atoms. The van der Waals surface area contributed by atoms with Crippen LogP contribution >= 0.6 is 15.9 Å². The zero-order valence-electron chi connectivity index (χ0n) is 6.54. The van der Waals surface area contributed by atoms with Gasteiger partial charge >= 0.3 is 0 Å². The smallest absolute Gasteiger partial charge is 0.227 e. The largest absolute Gasteiger partial charge is 0.443 e. The van der Waals surface area contributed by atoms with E-state index in [1.54, 1.807) is 6.07 Å². The van der Waals surface area contributed by atoms with Crippen LogP contribution in [0.5, 0.6) is 0 Å². The highest BCUT2D eigenvalue weighted by Gasteiger charge is 2.12. The van der Waals surface area contributed by atoms with Crippen LogP contribution in [0.15, 0.2) is 27.1 Å². The molecule has 0 spiro atoms. The van der Waals surface area contributed by atoms with Crippen LogP contribution in [-0.4, -0.2) is 0 Å². The Bertz CT molecular complexity index is 510. The minimum absolute atomic E-state index is 0.168. The number of nitrogen functional groups attached to an aromatic ring is 1. The molecule has 3 nitrogen and oxygen atoms in total. The van der Waals surface area contributed by atoms with Crippen molar-refractivity contribution in [1.29, 1.82) is 5.26 Å². The van der Waals surface area contributed by atoms with E-state index in [1.165, 1.54) is 0 Å². The van der Waals surface area contributed by atoms with Gasteiger partial charge in [-0.3, -0.25) is 0 Å². The topological polar surface area (TPSA) is 63.0 Å². The van der Waals surface area contributed by atoms with Gasteiger partial charge in [-0.25, -0.2) is 0 Å². The van der Waals surface area contributed by atoms with Crippen LogP contribution in [0.1, 0.15) is 5.76 Å². The molecule has 2 N–H and O–H groups in total. The van der Waals surface area contributed by atoms with Crippen molar-refractivity contribution in [1.82, 2.24) is 0 Å². The van der Waals surface area contributed by atoms with Crippen molar-refractivity contribution in [2.24, 2.45) is 0 Å². The number of furan rings is 1. The van der Waals surface area contributed by atoms with Crippen LogP contribution in [0.2, 0.25) is 0 Å². The second kappa shape index (κ2) is 2.79. The molecule has 0 radical (unpaired) electrons. The number of hydrogen-bond acceptors (Lipinski definition) is 3. The molecule has 0 unspecified atom stereocenters. The number of nitrogens with zero attached hydrogens (tertiary/aromatic N) is 1. The van der Waals surface area contributed by atoms with Gasteiger partial charge in [0.1, 0.15) is 11.7 Å². The van der Waals surface area contributed by atoms with Crippen molar-refractivity contribution in [2.75, 3.05) is 5.73 Å². The molecule has 0 aliphatic carbocycles. The molecular weight excluding hydrogens is 232 g/mol. The SMILES string of the molecule is N#Cc1oc2cccc(Br)c2c1N. The van der Waals surface area contributed by atoms with Gasteiger partial charge in [0.15, 0.2) is 0 Å². The summed E-state index contributed by atoms with van der Waals surface area (Å²) in [4.78, 5) is 0. The number of halogens is 1. The van der Waals surface area contributed by atoms with E-state index in [0.29, 0.717) is 11.3 Å². The minimum atomic E-state index is 0.168. The summed E-state index contributed by atoms with van der Waals surface area (Å²) in [5, 5.41) is 9.43. The highest BCUT2D eigenvalue weighted by atomic mass is 79.9. The van der Waals surface area contributed by atoms with Gasteiger partial charge in [0.05, 0.1) is 11.1 Å². The first-order valence-corrected chi connectivity index (χ1v) is 4.40. The lowest BCUT2D eigenvalue weighted by molar-refractivity contribution is 0.601. The number of nitriles is 1. The molecule has 1 aromatic carbocycles. The van der Waals surface area contributed by atoms with Gasteiger partial charge in [-0.15, -0.1) is 0 Å². The summed E-state index contributed by atoms with van der Waals surface area (Å²) < 4.78 is 6.05. The van der Waals surface area contributed by atoms with Crippen molar-refractivity contribution < 1.29 is 4.42 Å². The van der Waals surface area contributed by atoms with Crippen LogP contribution in [0, 0.1) is 11.3 Å². The molecular formula is C9H5BrN2O. The lowest BCUT2D eigenvalue weighted by atomic mass is 10.2. The van der Waals surface area contributed by atoms with E-state index in [9.17, 15) is 0 Å². The van der Waals surface area contributed by atoms with Crippen molar-refractivity contribution in [3.8, 4) is 6.07 Å². The molecule has 0 aliphatic rings. The fraction of sp³-hybridized carbons (Fsp3) is 0. The maximum absolute atomic E-state index is 8.67. The molecule has 0 aliphatic heterocycles. The summed E-state index contributed by atoms with van der Waals surface area (Å²) >= 11 is 3.34. The second-order valence-electron chi connectivity index (χ2n) is 2.57. The first kappa shape index (κ1) is 8.14. The van der Waals surface area contributed by atoms with Gasteiger partial charge in [-0.05, 0) is 28.1 Å². The maximum Gasteiger partial charge on any atom is 0.227 e. The highest BCUT2D eigenvalue weighted by Crippen LogP contribution is 2.33. The molecule has 0 fully saturated rings. The molecule has 64 valence electrons. The van der Waals surface area contributed by atoms with Gasteiger partial charge in [-0.2, -0.15) is 5.26 Å². The van der Waals surface area contributed by atoms with Crippen LogP contribution in [-0.2, 0) is 0 Å². The lowest BCUT2D eigenvalue weighted by Gasteiger charge is -1.91. The molecule has 0 atom stereocenters. The van der Waals surface area contributed by atoms with Gasteiger partial charge in [-0.1, -0.05) is 6.07 Å². The monoisotopic (exact) mass is 236 g/mol. The molecule has 2 aromatic rings. The van der Waals surface area contributed by atoms with Crippen molar-refractivity contribution in [2.45, 2.75) is 0 Å². The van der Waals surface area contributed by atoms with E-state index in [4.69, 9.17) is 15.4 Å². The Labute approximate surface area is 82.9 Å². The summed E-state index contributed by atoms with van der Waals surface area (Å²) in [6.07, 6.45) is 0. The van der Waals surface area contributed by atoms with Gasteiger partial charge in [0.25, 0.3) is 0 Å². The summed E-state index contributed by atoms with van der Waals surface area (Å²) in [6.45, 7) is 0. The van der Waals surface area contributed by atoms with E-state index >= 15 is 0 Å². The van der Waals surface area contributed by atoms with E-state index in [2.05, 4.69) is 15.9 Å². The predicted molar refractivity (Wildman–Crippen MR) is 53.0 cm³/mol. The first-order valence-electron chi connectivity index (χ1n) is 3.60. The average molecular weight is 237 g/mol. The summed E-state index contributed by atoms with van der Waals surface area (Å²) in [7, 11) is 0. The summed E-state index contributed by atoms with van der Waals surface area (Å²) in [6, 6.07) is 7.36. The van der Waals surface area contributed by atoms with E-state index in [0.717, 1.165) is 9.86 Å². The van der Waals surface area contributed by atoms with Crippen molar-refractivity contribution in [3.05, 3.63) is 28.4 Å². The van der Waals surface area contributed by atoms with Gasteiger partial charge in [0, 0.05) is 4.47 Å². The van der Waals surface area contributed by atoms with E-state index in [-0.39, 0.29) is 5.76 Å². The van der Waals surface area contributed by atoms with Crippen LogP contribution < -0.4 is 5.73 Å². The van der Waals surface area contributed by atoms with E-state index in [1.807, 2.05) is 18.2 Å². The third-order valence-corrected chi connectivity index (χ3v) is 2.46. The molecule has 4 heteroatoms. The Morgan fingerprint density at radius 3 is 2.85 bits per heavy atom. The molecule has 1 aromatic heterocycles. The molecule has 0 bridgehead atoms. The Kier molecular flexibility index (Phi) is 1.74. The normalized spacial score (nSPS) is 10.2. The fourth-order valence-corrected chi connectivity index (χ4v) is 1.77.